The SMILES string of the molecule is COc1cc(C(=O)NCc2ccc(N3CCC(O)CC3)c(F)c2)ccc1C. The van der Waals surface area contributed by atoms with E-state index in [0.29, 0.717) is 48.5 Å². The second kappa shape index (κ2) is 8.39. The fraction of sp³-hybridized carbons (Fsp3) is 0.381. The van der Waals surface area contributed by atoms with Crippen molar-refractivity contribution in [2.24, 2.45) is 0 Å². The van der Waals surface area contributed by atoms with Crippen LogP contribution < -0.4 is 15.0 Å². The normalized spacial score (nSPS) is 14.9. The highest BCUT2D eigenvalue weighted by Crippen LogP contribution is 2.24. The molecule has 1 aliphatic rings. The molecule has 6 heteroatoms. The lowest BCUT2D eigenvalue weighted by Crippen LogP contribution is -2.36. The molecule has 1 heterocycles. The van der Waals surface area contributed by atoms with Crippen molar-refractivity contribution in [1.82, 2.24) is 5.32 Å². The summed E-state index contributed by atoms with van der Waals surface area (Å²) in [7, 11) is 1.57. The first-order valence-corrected chi connectivity index (χ1v) is 9.12. The zero-order valence-electron chi connectivity index (χ0n) is 15.7. The Kier molecular flexibility index (Phi) is 5.96. The lowest BCUT2D eigenvalue weighted by atomic mass is 10.1. The number of nitrogens with one attached hydrogen (secondary N) is 1. The van der Waals surface area contributed by atoms with Gasteiger partial charge in [0, 0.05) is 25.2 Å². The number of ether oxygens (including phenoxy) is 1. The second-order valence-electron chi connectivity index (χ2n) is 6.87. The summed E-state index contributed by atoms with van der Waals surface area (Å²) in [6.45, 7) is 3.44. The van der Waals surface area contributed by atoms with Crippen LogP contribution in [-0.2, 0) is 6.54 Å². The molecule has 0 bridgehead atoms. The molecule has 2 N–H and O–H groups in total. The highest BCUT2D eigenvalue weighted by molar-refractivity contribution is 5.94. The molecule has 1 aliphatic heterocycles. The van der Waals surface area contributed by atoms with Gasteiger partial charge in [0.05, 0.1) is 18.9 Å². The Hall–Kier alpha value is -2.60. The third-order valence-electron chi connectivity index (χ3n) is 4.94. The largest absolute Gasteiger partial charge is 0.496 e. The van der Waals surface area contributed by atoms with Gasteiger partial charge in [0.1, 0.15) is 11.6 Å². The summed E-state index contributed by atoms with van der Waals surface area (Å²) in [6.07, 6.45) is 1.01. The first-order valence-electron chi connectivity index (χ1n) is 9.12. The number of rotatable bonds is 5. The van der Waals surface area contributed by atoms with Crippen molar-refractivity contribution in [2.45, 2.75) is 32.4 Å². The Labute approximate surface area is 158 Å². The van der Waals surface area contributed by atoms with Gasteiger partial charge >= 0.3 is 0 Å². The standard InChI is InChI=1S/C21H25FN2O3/c1-14-3-5-16(12-20(14)27-2)21(26)23-13-15-4-6-19(18(22)11-15)24-9-7-17(25)8-10-24/h3-6,11-12,17,25H,7-10,13H2,1-2H3,(H,23,26). The third kappa shape index (κ3) is 4.57. The number of methoxy groups -OCH3 is 1. The third-order valence-corrected chi connectivity index (χ3v) is 4.94. The zero-order valence-corrected chi connectivity index (χ0v) is 15.7. The highest BCUT2D eigenvalue weighted by Gasteiger charge is 2.19. The summed E-state index contributed by atoms with van der Waals surface area (Å²) in [5.74, 6) is 0.114. The molecular formula is C21H25FN2O3. The van der Waals surface area contributed by atoms with E-state index in [0.717, 1.165) is 5.56 Å². The molecule has 0 aromatic heterocycles. The summed E-state index contributed by atoms with van der Waals surface area (Å²) in [4.78, 5) is 14.3. The summed E-state index contributed by atoms with van der Waals surface area (Å²) in [5.41, 5.74) is 2.69. The Bertz CT molecular complexity index is 817. The first kappa shape index (κ1) is 19.2. The molecule has 5 nitrogen and oxygen atoms in total. The van der Waals surface area contributed by atoms with E-state index in [-0.39, 0.29) is 24.4 Å². The second-order valence-corrected chi connectivity index (χ2v) is 6.87. The molecule has 0 atom stereocenters. The number of hydrogen-bond acceptors (Lipinski definition) is 4. The van der Waals surface area contributed by atoms with Crippen molar-refractivity contribution < 1.29 is 19.0 Å². The van der Waals surface area contributed by atoms with Crippen LogP contribution in [0.2, 0.25) is 0 Å². The molecule has 0 saturated carbocycles. The van der Waals surface area contributed by atoms with E-state index < -0.39 is 0 Å². The minimum Gasteiger partial charge on any atom is -0.496 e. The summed E-state index contributed by atoms with van der Waals surface area (Å²) < 4.78 is 19.7. The number of anilines is 1. The summed E-state index contributed by atoms with van der Waals surface area (Å²) in [5, 5.41) is 12.4. The van der Waals surface area contributed by atoms with Gasteiger partial charge in [-0.2, -0.15) is 0 Å². The van der Waals surface area contributed by atoms with Crippen LogP contribution in [0.5, 0.6) is 5.75 Å². The van der Waals surface area contributed by atoms with Crippen LogP contribution in [0.25, 0.3) is 0 Å². The fourth-order valence-corrected chi connectivity index (χ4v) is 3.27. The average Bonchev–Trinajstić information content (AvgIpc) is 2.67. The molecule has 1 saturated heterocycles. The van der Waals surface area contributed by atoms with Crippen LogP contribution in [0.4, 0.5) is 10.1 Å². The van der Waals surface area contributed by atoms with Gasteiger partial charge in [0.2, 0.25) is 0 Å². The molecule has 1 fully saturated rings. The number of aliphatic hydroxyl groups is 1. The molecule has 0 radical (unpaired) electrons. The number of aryl methyl sites for hydroxylation is 1. The Balaban J connectivity index is 1.63. The predicted octanol–water partition coefficient (Wildman–Crippen LogP) is 3.03. The number of carbonyl (C=O) groups excluding carboxylic acids is 1. The molecule has 27 heavy (non-hydrogen) atoms. The van der Waals surface area contributed by atoms with Crippen LogP contribution >= 0.6 is 0 Å². The smallest absolute Gasteiger partial charge is 0.251 e. The van der Waals surface area contributed by atoms with E-state index in [1.807, 2.05) is 24.0 Å². The molecule has 0 aliphatic carbocycles. The van der Waals surface area contributed by atoms with Gasteiger partial charge in [-0.25, -0.2) is 4.39 Å². The van der Waals surface area contributed by atoms with Crippen molar-refractivity contribution in [3.05, 3.63) is 58.9 Å². The lowest BCUT2D eigenvalue weighted by Gasteiger charge is -2.31. The molecule has 3 rings (SSSR count). The van der Waals surface area contributed by atoms with Crippen molar-refractivity contribution in [3.8, 4) is 5.75 Å². The average molecular weight is 372 g/mol. The first-order chi connectivity index (χ1) is 13.0. The van der Waals surface area contributed by atoms with Gasteiger partial charge in [0.25, 0.3) is 5.91 Å². The van der Waals surface area contributed by atoms with Gasteiger partial charge < -0.3 is 20.1 Å². The maximum absolute atomic E-state index is 14.5. The Morgan fingerprint density at radius 3 is 2.67 bits per heavy atom. The van der Waals surface area contributed by atoms with E-state index in [1.54, 1.807) is 25.3 Å². The van der Waals surface area contributed by atoms with Gasteiger partial charge in [-0.05, 0) is 55.2 Å². The van der Waals surface area contributed by atoms with E-state index in [2.05, 4.69) is 5.32 Å². The fourth-order valence-electron chi connectivity index (χ4n) is 3.27. The molecular weight excluding hydrogens is 347 g/mol. The van der Waals surface area contributed by atoms with Crippen molar-refractivity contribution in [2.75, 3.05) is 25.1 Å². The van der Waals surface area contributed by atoms with Crippen LogP contribution in [0.1, 0.15) is 34.3 Å². The molecule has 1 amide bonds. The van der Waals surface area contributed by atoms with Crippen LogP contribution in [0.3, 0.4) is 0 Å². The van der Waals surface area contributed by atoms with E-state index in [1.165, 1.54) is 6.07 Å². The van der Waals surface area contributed by atoms with Crippen LogP contribution in [0, 0.1) is 12.7 Å². The van der Waals surface area contributed by atoms with Gasteiger partial charge in [-0.1, -0.05) is 12.1 Å². The molecule has 0 unspecified atom stereocenters. The molecule has 144 valence electrons. The maximum Gasteiger partial charge on any atom is 0.251 e. The van der Waals surface area contributed by atoms with E-state index >= 15 is 0 Å². The molecule has 2 aromatic rings. The number of aliphatic hydroxyl groups excluding tert-OH is 1. The topological polar surface area (TPSA) is 61.8 Å². The highest BCUT2D eigenvalue weighted by atomic mass is 19.1. The number of hydrogen-bond donors (Lipinski definition) is 2. The van der Waals surface area contributed by atoms with E-state index in [9.17, 15) is 14.3 Å². The van der Waals surface area contributed by atoms with Gasteiger partial charge in [-0.3, -0.25) is 4.79 Å². The van der Waals surface area contributed by atoms with Crippen molar-refractivity contribution in [1.29, 1.82) is 0 Å². The molecule has 2 aromatic carbocycles. The molecule has 0 spiro atoms. The van der Waals surface area contributed by atoms with Crippen LogP contribution in [0.15, 0.2) is 36.4 Å². The zero-order chi connectivity index (χ0) is 19.4. The van der Waals surface area contributed by atoms with Crippen molar-refractivity contribution in [3.63, 3.8) is 0 Å². The number of nitrogens with zero attached hydrogens (tertiary/aromatic N) is 1. The van der Waals surface area contributed by atoms with Crippen molar-refractivity contribution >= 4 is 11.6 Å². The monoisotopic (exact) mass is 372 g/mol. The number of halogens is 1. The minimum absolute atomic E-state index is 0.234. The number of piperidine rings is 1. The predicted molar refractivity (Wildman–Crippen MR) is 103 cm³/mol. The maximum atomic E-state index is 14.5. The number of carbonyl (C=O) groups is 1. The van der Waals surface area contributed by atoms with Crippen LogP contribution in [-0.4, -0.2) is 37.3 Å². The lowest BCUT2D eigenvalue weighted by molar-refractivity contribution is 0.0950. The van der Waals surface area contributed by atoms with Gasteiger partial charge in [0.15, 0.2) is 0 Å². The van der Waals surface area contributed by atoms with Gasteiger partial charge in [-0.15, -0.1) is 0 Å². The number of benzene rings is 2. The Morgan fingerprint density at radius 2 is 2.00 bits per heavy atom. The summed E-state index contributed by atoms with van der Waals surface area (Å²) in [6, 6.07) is 10.3. The number of amides is 1. The summed E-state index contributed by atoms with van der Waals surface area (Å²) >= 11 is 0. The minimum atomic E-state index is -0.310. The van der Waals surface area contributed by atoms with E-state index in [4.69, 9.17) is 4.74 Å². The quantitative estimate of drug-likeness (QED) is 0.847. The Morgan fingerprint density at radius 1 is 1.26 bits per heavy atom.